The van der Waals surface area contributed by atoms with E-state index in [4.69, 9.17) is 0 Å². The number of imide groups is 1. The Morgan fingerprint density at radius 1 is 1.00 bits per heavy atom. The summed E-state index contributed by atoms with van der Waals surface area (Å²) in [6.45, 7) is 1.99. The van der Waals surface area contributed by atoms with Crippen molar-refractivity contribution in [3.8, 4) is 0 Å². The number of benzene rings is 1. The molecule has 1 aliphatic heterocycles. The number of amides is 3. The number of aryl methyl sites for hydroxylation is 1. The monoisotopic (exact) mass is 286 g/mol. The number of urea groups is 1. The van der Waals surface area contributed by atoms with Crippen LogP contribution in [0.15, 0.2) is 24.3 Å². The van der Waals surface area contributed by atoms with Gasteiger partial charge >= 0.3 is 6.03 Å². The third-order valence-corrected chi connectivity index (χ3v) is 5.00. The van der Waals surface area contributed by atoms with Crippen molar-refractivity contribution < 1.29 is 9.59 Å². The van der Waals surface area contributed by atoms with Crippen LogP contribution < -0.4 is 4.90 Å². The minimum Gasteiger partial charge on any atom is -0.321 e. The molecule has 1 saturated heterocycles. The maximum Gasteiger partial charge on any atom is 0.331 e. The Kier molecular flexibility index (Phi) is 3.47. The third kappa shape index (κ3) is 2.33. The molecule has 1 aromatic carbocycles. The van der Waals surface area contributed by atoms with E-state index in [1.54, 1.807) is 0 Å². The molecular weight excluding hydrogens is 264 g/mol. The Morgan fingerprint density at radius 2 is 1.62 bits per heavy atom. The van der Waals surface area contributed by atoms with E-state index in [-0.39, 0.29) is 17.5 Å². The number of carbonyl (C=O) groups is 2. The predicted octanol–water partition coefficient (Wildman–Crippen LogP) is 3.49. The van der Waals surface area contributed by atoms with Gasteiger partial charge in [-0.2, -0.15) is 0 Å². The summed E-state index contributed by atoms with van der Waals surface area (Å²) in [5, 5.41) is 0. The Balaban J connectivity index is 1.90. The summed E-state index contributed by atoms with van der Waals surface area (Å²) in [6, 6.07) is 7.37. The molecule has 2 fully saturated rings. The van der Waals surface area contributed by atoms with Gasteiger partial charge in [0.25, 0.3) is 0 Å². The van der Waals surface area contributed by atoms with Crippen LogP contribution in [0, 0.1) is 6.92 Å². The van der Waals surface area contributed by atoms with Crippen molar-refractivity contribution in [2.45, 2.75) is 51.0 Å². The summed E-state index contributed by atoms with van der Waals surface area (Å²) >= 11 is 0. The average molecular weight is 286 g/mol. The second-order valence-corrected chi connectivity index (χ2v) is 6.37. The van der Waals surface area contributed by atoms with E-state index < -0.39 is 0 Å². The second-order valence-electron chi connectivity index (χ2n) is 6.37. The molecule has 112 valence electrons. The van der Waals surface area contributed by atoms with Crippen LogP contribution in [0.2, 0.25) is 0 Å². The maximum absolute atomic E-state index is 12.7. The van der Waals surface area contributed by atoms with Gasteiger partial charge in [0.2, 0.25) is 5.91 Å². The summed E-state index contributed by atoms with van der Waals surface area (Å²) in [6.07, 6.45) is 5.76. The first-order valence-corrected chi connectivity index (χ1v) is 7.71. The zero-order valence-electron chi connectivity index (χ0n) is 12.8. The van der Waals surface area contributed by atoms with E-state index >= 15 is 0 Å². The Bertz CT molecular complexity index is 559. The normalized spacial score (nSPS) is 22.0. The van der Waals surface area contributed by atoms with Gasteiger partial charge in [0.15, 0.2) is 0 Å². The summed E-state index contributed by atoms with van der Waals surface area (Å²) in [7, 11) is 1.85. The lowest BCUT2D eigenvalue weighted by molar-refractivity contribution is -0.123. The van der Waals surface area contributed by atoms with Crippen LogP contribution in [0.3, 0.4) is 0 Å². The highest BCUT2D eigenvalue weighted by Gasteiger charge is 2.48. The van der Waals surface area contributed by atoms with Gasteiger partial charge in [0.1, 0.15) is 0 Å². The first-order chi connectivity index (χ1) is 10.0. The molecule has 0 unspecified atom stereocenters. The molecule has 1 spiro atoms. The maximum atomic E-state index is 12.7. The van der Waals surface area contributed by atoms with E-state index in [9.17, 15) is 9.59 Å². The fourth-order valence-electron chi connectivity index (χ4n) is 3.61. The minimum atomic E-state index is -0.242. The summed E-state index contributed by atoms with van der Waals surface area (Å²) in [5.74, 6) is -0.0659. The van der Waals surface area contributed by atoms with Crippen molar-refractivity contribution >= 4 is 17.6 Å². The molecule has 0 radical (unpaired) electrons. The third-order valence-electron chi connectivity index (χ3n) is 5.00. The Hall–Kier alpha value is -1.84. The van der Waals surface area contributed by atoms with Gasteiger partial charge in [-0.3, -0.25) is 4.79 Å². The first kappa shape index (κ1) is 14.1. The zero-order valence-corrected chi connectivity index (χ0v) is 12.8. The molecule has 1 aliphatic carbocycles. The van der Waals surface area contributed by atoms with Gasteiger partial charge in [-0.05, 0) is 31.9 Å². The molecule has 2 aliphatic rings. The van der Waals surface area contributed by atoms with Crippen LogP contribution in [0.25, 0.3) is 0 Å². The molecule has 3 rings (SSSR count). The SMILES string of the molecule is Cc1ccc(N2C(=O)CC3(CCCCC3)N(C)C2=O)cc1. The highest BCUT2D eigenvalue weighted by molar-refractivity contribution is 6.16. The Morgan fingerprint density at radius 3 is 2.24 bits per heavy atom. The molecule has 1 heterocycles. The largest absolute Gasteiger partial charge is 0.331 e. The number of anilines is 1. The smallest absolute Gasteiger partial charge is 0.321 e. The van der Waals surface area contributed by atoms with E-state index in [1.807, 2.05) is 43.1 Å². The topological polar surface area (TPSA) is 40.6 Å². The van der Waals surface area contributed by atoms with Gasteiger partial charge in [-0.1, -0.05) is 37.0 Å². The van der Waals surface area contributed by atoms with Gasteiger partial charge in [-0.15, -0.1) is 0 Å². The molecule has 0 N–H and O–H groups in total. The number of nitrogens with zero attached hydrogens (tertiary/aromatic N) is 2. The molecule has 0 aromatic heterocycles. The van der Waals surface area contributed by atoms with Crippen molar-refractivity contribution in [2.75, 3.05) is 11.9 Å². The van der Waals surface area contributed by atoms with Crippen molar-refractivity contribution in [2.24, 2.45) is 0 Å². The van der Waals surface area contributed by atoms with Gasteiger partial charge < -0.3 is 4.90 Å². The van der Waals surface area contributed by atoms with Crippen LogP contribution in [0.1, 0.15) is 44.1 Å². The predicted molar refractivity (Wildman–Crippen MR) is 82.3 cm³/mol. The zero-order chi connectivity index (χ0) is 15.0. The van der Waals surface area contributed by atoms with Crippen molar-refractivity contribution in [3.63, 3.8) is 0 Å². The Labute approximate surface area is 125 Å². The molecule has 4 nitrogen and oxygen atoms in total. The number of hydrogen-bond acceptors (Lipinski definition) is 2. The first-order valence-electron chi connectivity index (χ1n) is 7.71. The van der Waals surface area contributed by atoms with Crippen LogP contribution in [0.4, 0.5) is 10.5 Å². The van der Waals surface area contributed by atoms with E-state index in [0.717, 1.165) is 31.2 Å². The molecule has 1 saturated carbocycles. The van der Waals surface area contributed by atoms with Crippen molar-refractivity contribution in [1.82, 2.24) is 4.90 Å². The van der Waals surface area contributed by atoms with Gasteiger partial charge in [-0.25, -0.2) is 9.69 Å². The summed E-state index contributed by atoms with van der Waals surface area (Å²) < 4.78 is 0. The summed E-state index contributed by atoms with van der Waals surface area (Å²) in [5.41, 5.74) is 1.55. The lowest BCUT2D eigenvalue weighted by Crippen LogP contribution is -2.63. The number of hydrogen-bond donors (Lipinski definition) is 0. The van der Waals surface area contributed by atoms with Crippen LogP contribution in [-0.2, 0) is 4.79 Å². The molecule has 0 atom stereocenters. The molecule has 4 heteroatoms. The number of rotatable bonds is 1. The minimum absolute atomic E-state index is 0.0659. The van der Waals surface area contributed by atoms with Crippen LogP contribution in [0.5, 0.6) is 0 Å². The fraction of sp³-hybridized carbons (Fsp3) is 0.529. The standard InChI is InChI=1S/C17H22N2O2/c1-13-6-8-14(9-7-13)19-15(20)12-17(18(2)16(19)21)10-4-3-5-11-17/h6-9H,3-5,10-12H2,1-2H3. The van der Waals surface area contributed by atoms with Crippen molar-refractivity contribution in [3.05, 3.63) is 29.8 Å². The highest BCUT2D eigenvalue weighted by Crippen LogP contribution is 2.40. The molecular formula is C17H22N2O2. The lowest BCUT2D eigenvalue weighted by atomic mass is 9.77. The van der Waals surface area contributed by atoms with Gasteiger partial charge in [0, 0.05) is 7.05 Å². The number of carbonyl (C=O) groups excluding carboxylic acids is 2. The average Bonchev–Trinajstić information content (AvgIpc) is 2.48. The highest BCUT2D eigenvalue weighted by atomic mass is 16.2. The van der Waals surface area contributed by atoms with Crippen LogP contribution in [-0.4, -0.2) is 29.4 Å². The molecule has 21 heavy (non-hydrogen) atoms. The molecule has 0 bridgehead atoms. The quantitative estimate of drug-likeness (QED) is 0.793. The molecule has 1 aromatic rings. The lowest BCUT2D eigenvalue weighted by Gasteiger charge is -2.49. The molecule has 3 amide bonds. The summed E-state index contributed by atoms with van der Waals surface area (Å²) in [4.78, 5) is 28.5. The van der Waals surface area contributed by atoms with Crippen LogP contribution >= 0.6 is 0 Å². The van der Waals surface area contributed by atoms with E-state index in [0.29, 0.717) is 12.1 Å². The van der Waals surface area contributed by atoms with Gasteiger partial charge in [0.05, 0.1) is 17.6 Å². The van der Waals surface area contributed by atoms with E-state index in [2.05, 4.69) is 0 Å². The second kappa shape index (κ2) is 5.17. The van der Waals surface area contributed by atoms with Crippen molar-refractivity contribution in [1.29, 1.82) is 0 Å². The fourth-order valence-corrected chi connectivity index (χ4v) is 3.61. The van der Waals surface area contributed by atoms with E-state index in [1.165, 1.54) is 11.3 Å².